The Morgan fingerprint density at radius 3 is 2.41 bits per heavy atom. The number of para-hydroxylation sites is 1. The van der Waals surface area contributed by atoms with Gasteiger partial charge in [0.25, 0.3) is 0 Å². The van der Waals surface area contributed by atoms with Crippen LogP contribution in [-0.2, 0) is 10.1 Å². The lowest BCUT2D eigenvalue weighted by atomic mass is 10.3. The van der Waals surface area contributed by atoms with E-state index in [4.69, 9.17) is 4.55 Å². The van der Waals surface area contributed by atoms with Gasteiger partial charge in [-0.2, -0.15) is 8.42 Å². The number of nitrogens with one attached hydrogen (secondary N) is 1. The molecule has 0 spiro atoms. The third kappa shape index (κ3) is 1.88. The fourth-order valence-electron chi connectivity index (χ4n) is 1.65. The van der Waals surface area contributed by atoms with Crippen LogP contribution in [0, 0.1) is 0 Å². The van der Waals surface area contributed by atoms with E-state index in [0.717, 1.165) is 11.1 Å². The minimum Gasteiger partial charge on any atom is -0.352 e. The molecular formula is C10H12N2O4S. The molecule has 0 radical (unpaired) electrons. The van der Waals surface area contributed by atoms with E-state index in [9.17, 15) is 13.5 Å². The molecule has 17 heavy (non-hydrogen) atoms. The van der Waals surface area contributed by atoms with Crippen LogP contribution in [0.2, 0.25) is 0 Å². The minimum absolute atomic E-state index is 0.417. The first-order chi connectivity index (χ1) is 7.84. The number of anilines is 1. The molecule has 1 aromatic carbocycles. The molecule has 2 rings (SSSR count). The van der Waals surface area contributed by atoms with Gasteiger partial charge in [0.1, 0.15) is 0 Å². The molecule has 1 unspecified atom stereocenters. The Labute approximate surface area is 98.9 Å². The Balaban J connectivity index is 2.51. The number of aliphatic hydroxyl groups is 1. The van der Waals surface area contributed by atoms with Crippen molar-refractivity contribution in [2.45, 2.75) is 12.0 Å². The van der Waals surface area contributed by atoms with Crippen LogP contribution < -0.4 is 10.4 Å². The lowest BCUT2D eigenvalue weighted by molar-refractivity contribution is 0.157. The van der Waals surface area contributed by atoms with E-state index >= 15 is 0 Å². The van der Waals surface area contributed by atoms with Crippen molar-refractivity contribution in [3.63, 3.8) is 0 Å². The zero-order chi connectivity index (χ0) is 12.7. The maximum absolute atomic E-state index is 11.3. The van der Waals surface area contributed by atoms with Gasteiger partial charge in [0, 0.05) is 11.8 Å². The monoisotopic (exact) mass is 256 g/mol. The molecule has 0 aliphatic carbocycles. The molecule has 0 amide bonds. The van der Waals surface area contributed by atoms with E-state index in [-0.39, 0.29) is 0 Å². The second-order valence-corrected chi connectivity index (χ2v) is 5.29. The zero-order valence-corrected chi connectivity index (χ0v) is 9.85. The molecule has 0 fully saturated rings. The van der Waals surface area contributed by atoms with E-state index < -0.39 is 15.2 Å². The summed E-state index contributed by atoms with van der Waals surface area (Å²) in [6.45, 7) is 1.58. The van der Waals surface area contributed by atoms with Crippen LogP contribution in [0.25, 0.3) is 0 Å². The Bertz CT molecular complexity index is 555. The molecule has 0 bridgehead atoms. The van der Waals surface area contributed by atoms with Crippen molar-refractivity contribution >= 4 is 15.8 Å². The van der Waals surface area contributed by atoms with Crippen molar-refractivity contribution in [1.82, 2.24) is 5.43 Å². The first-order valence-electron chi connectivity index (χ1n) is 4.85. The molecule has 92 valence electrons. The van der Waals surface area contributed by atoms with Gasteiger partial charge in [-0.3, -0.25) is 9.98 Å². The molecule has 0 saturated carbocycles. The lowest BCUT2D eigenvalue weighted by Gasteiger charge is -2.31. The smallest absolute Gasteiger partial charge is 0.321 e. The van der Waals surface area contributed by atoms with Gasteiger partial charge in [0.05, 0.1) is 5.69 Å². The average molecular weight is 256 g/mol. The van der Waals surface area contributed by atoms with Gasteiger partial charge in [-0.05, 0) is 19.1 Å². The highest BCUT2D eigenvalue weighted by Crippen LogP contribution is 2.30. The molecule has 3 N–H and O–H groups in total. The molecule has 0 aromatic heterocycles. The van der Waals surface area contributed by atoms with Gasteiger partial charge in [-0.25, -0.2) is 5.01 Å². The van der Waals surface area contributed by atoms with E-state index in [1.165, 1.54) is 0 Å². The first kappa shape index (κ1) is 11.9. The molecule has 1 aromatic rings. The van der Waals surface area contributed by atoms with Gasteiger partial charge in [0.15, 0.2) is 0 Å². The van der Waals surface area contributed by atoms with Crippen LogP contribution in [0.4, 0.5) is 5.69 Å². The van der Waals surface area contributed by atoms with Crippen LogP contribution in [0.5, 0.6) is 0 Å². The summed E-state index contributed by atoms with van der Waals surface area (Å²) in [7, 11) is -4.69. The van der Waals surface area contributed by atoms with Crippen molar-refractivity contribution in [2.75, 3.05) is 5.01 Å². The number of allylic oxidation sites excluding steroid dienone is 1. The van der Waals surface area contributed by atoms with Gasteiger partial charge in [-0.15, -0.1) is 0 Å². The fourth-order valence-corrected chi connectivity index (χ4v) is 2.36. The number of hydrogen-bond acceptors (Lipinski definition) is 5. The van der Waals surface area contributed by atoms with Crippen LogP contribution >= 0.6 is 0 Å². The molecule has 7 heteroatoms. The highest BCUT2D eigenvalue weighted by molar-refractivity contribution is 7.87. The summed E-state index contributed by atoms with van der Waals surface area (Å²) in [5.74, 6) is 0. The molecular weight excluding hydrogens is 244 g/mol. The predicted molar refractivity (Wildman–Crippen MR) is 62.3 cm³/mol. The quantitative estimate of drug-likeness (QED) is 0.666. The second-order valence-electron chi connectivity index (χ2n) is 3.74. The number of rotatable bonds is 2. The summed E-state index contributed by atoms with van der Waals surface area (Å²) >= 11 is 0. The highest BCUT2D eigenvalue weighted by atomic mass is 32.2. The lowest BCUT2D eigenvalue weighted by Crippen LogP contribution is -2.54. The van der Waals surface area contributed by atoms with Crippen molar-refractivity contribution in [1.29, 1.82) is 0 Å². The Morgan fingerprint density at radius 2 is 1.88 bits per heavy atom. The largest absolute Gasteiger partial charge is 0.352 e. The van der Waals surface area contributed by atoms with Crippen molar-refractivity contribution in [3.05, 3.63) is 42.1 Å². The summed E-state index contributed by atoms with van der Waals surface area (Å²) in [5.41, 5.74) is 3.51. The average Bonchev–Trinajstić information content (AvgIpc) is 2.56. The Kier molecular flexibility index (Phi) is 2.61. The van der Waals surface area contributed by atoms with E-state index in [1.54, 1.807) is 37.3 Å². The standard InChI is InChI=1S/C10H12N2O4S/c1-8-7-10(13,17(14,15)16)12(11-8)9-5-3-2-4-6-9/h2-7,11,13H,1H3,(H,14,15,16). The SMILES string of the molecule is CC1=CC(O)(S(=O)(=O)O)N(c2ccccc2)N1. The fraction of sp³-hybridized carbons (Fsp3) is 0.200. The van der Waals surface area contributed by atoms with Crippen molar-refractivity contribution in [3.8, 4) is 0 Å². The van der Waals surface area contributed by atoms with E-state index in [2.05, 4.69) is 5.43 Å². The topological polar surface area (TPSA) is 89.9 Å². The molecule has 6 nitrogen and oxygen atoms in total. The molecule has 1 aliphatic heterocycles. The zero-order valence-electron chi connectivity index (χ0n) is 9.03. The minimum atomic E-state index is -4.69. The first-order valence-corrected chi connectivity index (χ1v) is 6.29. The molecule has 1 atom stereocenters. The van der Waals surface area contributed by atoms with Crippen LogP contribution in [0.3, 0.4) is 0 Å². The van der Waals surface area contributed by atoms with E-state index in [1.807, 2.05) is 0 Å². The molecule has 1 aliphatic rings. The number of nitrogens with zero attached hydrogens (tertiary/aromatic N) is 1. The van der Waals surface area contributed by atoms with Crippen LogP contribution in [0.1, 0.15) is 6.92 Å². The summed E-state index contributed by atoms with van der Waals surface area (Å²) < 4.78 is 31.6. The van der Waals surface area contributed by atoms with Gasteiger partial charge in [-0.1, -0.05) is 18.2 Å². The molecule has 0 saturated heterocycles. The van der Waals surface area contributed by atoms with Crippen LogP contribution in [-0.4, -0.2) is 23.1 Å². The van der Waals surface area contributed by atoms with Gasteiger partial charge < -0.3 is 5.11 Å². The number of benzene rings is 1. The van der Waals surface area contributed by atoms with Gasteiger partial charge >= 0.3 is 15.2 Å². The third-order valence-electron chi connectivity index (χ3n) is 2.41. The maximum Gasteiger partial charge on any atom is 0.321 e. The molecule has 1 heterocycles. The summed E-state index contributed by atoms with van der Waals surface area (Å²) in [6, 6.07) is 8.35. The van der Waals surface area contributed by atoms with E-state index in [0.29, 0.717) is 11.4 Å². The third-order valence-corrected chi connectivity index (χ3v) is 3.47. The number of hydrogen-bond donors (Lipinski definition) is 3. The highest BCUT2D eigenvalue weighted by Gasteiger charge is 2.49. The second kappa shape index (κ2) is 3.73. The normalized spacial score (nSPS) is 24.4. The maximum atomic E-state index is 11.3. The Morgan fingerprint density at radius 1 is 1.29 bits per heavy atom. The predicted octanol–water partition coefficient (Wildman–Crippen LogP) is 0.449. The Hall–Kier alpha value is -1.57. The van der Waals surface area contributed by atoms with Crippen LogP contribution in [0.15, 0.2) is 42.1 Å². The van der Waals surface area contributed by atoms with Crippen molar-refractivity contribution in [2.24, 2.45) is 0 Å². The number of hydrazine groups is 1. The van der Waals surface area contributed by atoms with Crippen molar-refractivity contribution < 1.29 is 18.1 Å². The summed E-state index contributed by atoms with van der Waals surface area (Å²) in [5, 5.41) is 8.56. The van der Waals surface area contributed by atoms with Gasteiger partial charge in [0.2, 0.25) is 0 Å². The summed E-state index contributed by atoms with van der Waals surface area (Å²) in [4.78, 5) is 0. The summed E-state index contributed by atoms with van der Waals surface area (Å²) in [6.07, 6.45) is 1.04.